The first-order valence-electron chi connectivity index (χ1n) is 9.45. The number of anilines is 1. The van der Waals surface area contributed by atoms with Gasteiger partial charge < -0.3 is 20.1 Å². The van der Waals surface area contributed by atoms with Gasteiger partial charge in [0.15, 0.2) is 0 Å². The predicted octanol–water partition coefficient (Wildman–Crippen LogP) is 2.67. The topological polar surface area (TPSA) is 97.0 Å². The average Bonchev–Trinajstić information content (AvgIpc) is 3.03. The molecule has 0 radical (unpaired) electrons. The molecule has 0 aliphatic carbocycles. The number of nitrogens with zero attached hydrogens (tertiary/aromatic N) is 1. The summed E-state index contributed by atoms with van der Waals surface area (Å²) in [5.74, 6) is -0.447. The molecule has 0 saturated heterocycles. The molecule has 30 heavy (non-hydrogen) atoms. The van der Waals surface area contributed by atoms with Crippen molar-refractivity contribution >= 4 is 34.1 Å². The Morgan fingerprint density at radius 3 is 2.53 bits per heavy atom. The van der Waals surface area contributed by atoms with Crippen molar-refractivity contribution in [3.63, 3.8) is 0 Å². The van der Waals surface area contributed by atoms with Crippen LogP contribution in [0.2, 0.25) is 0 Å². The van der Waals surface area contributed by atoms with Gasteiger partial charge in [0.1, 0.15) is 10.8 Å². The van der Waals surface area contributed by atoms with Crippen molar-refractivity contribution in [2.24, 2.45) is 0 Å². The lowest BCUT2D eigenvalue weighted by molar-refractivity contribution is -0.117. The third kappa shape index (κ3) is 5.58. The number of hydrogen-bond acceptors (Lipinski definition) is 7. The van der Waals surface area contributed by atoms with Crippen LogP contribution in [0.1, 0.15) is 38.1 Å². The highest BCUT2D eigenvalue weighted by atomic mass is 32.1. The number of likely N-dealkylation sites (N-methyl/N-ethyl adjacent to an activating group) is 1. The van der Waals surface area contributed by atoms with Crippen molar-refractivity contribution < 1.29 is 23.9 Å². The zero-order chi connectivity index (χ0) is 22.3. The number of ether oxygens (including phenoxy) is 2. The maximum Gasteiger partial charge on any atom is 0.341 e. The Hall–Kier alpha value is -2.91. The van der Waals surface area contributed by atoms with E-state index >= 15 is 0 Å². The normalized spacial score (nSPS) is 10.6. The lowest BCUT2D eigenvalue weighted by Crippen LogP contribution is -2.30. The Bertz CT molecular complexity index is 925. The van der Waals surface area contributed by atoms with E-state index in [1.807, 2.05) is 36.2 Å². The Balaban J connectivity index is 2.16. The summed E-state index contributed by atoms with van der Waals surface area (Å²) in [5, 5.41) is 5.61. The first kappa shape index (κ1) is 23.4. The Labute approximate surface area is 180 Å². The molecule has 0 bridgehead atoms. The van der Waals surface area contributed by atoms with Gasteiger partial charge in [0.25, 0.3) is 5.91 Å². The van der Waals surface area contributed by atoms with E-state index in [9.17, 15) is 14.4 Å². The highest BCUT2D eigenvalue weighted by Crippen LogP contribution is 2.33. The third-order valence-corrected chi connectivity index (χ3v) is 5.56. The quantitative estimate of drug-likeness (QED) is 0.590. The zero-order valence-electron chi connectivity index (χ0n) is 17.8. The SMILES string of the molecule is CCOC(=O)c1c(NC(=O)CN(C)Cc2ccccc2OC)sc(C(=O)NC)c1C. The maximum atomic E-state index is 12.6. The standard InChI is InChI=1S/C21H27N3O5S/c1-6-29-21(27)17-13(2)18(19(26)22-3)30-20(17)23-16(25)12-24(4)11-14-9-7-8-10-15(14)28-5/h7-10H,6,11-12H2,1-5H3,(H,22,26)(H,23,25). The second kappa shape index (κ2) is 10.7. The predicted molar refractivity (Wildman–Crippen MR) is 116 cm³/mol. The number of amides is 2. The van der Waals surface area contributed by atoms with Crippen LogP contribution >= 0.6 is 11.3 Å². The van der Waals surface area contributed by atoms with Crippen LogP contribution in [-0.4, -0.2) is 57.0 Å². The molecule has 1 aromatic carbocycles. The number of nitrogens with one attached hydrogen (secondary N) is 2. The van der Waals surface area contributed by atoms with Gasteiger partial charge in [-0.3, -0.25) is 14.5 Å². The van der Waals surface area contributed by atoms with Crippen LogP contribution < -0.4 is 15.4 Å². The molecule has 8 nitrogen and oxygen atoms in total. The summed E-state index contributed by atoms with van der Waals surface area (Å²) in [7, 11) is 4.93. The van der Waals surface area contributed by atoms with Crippen molar-refractivity contribution in [2.75, 3.05) is 39.7 Å². The van der Waals surface area contributed by atoms with Crippen molar-refractivity contribution in [1.29, 1.82) is 0 Å². The van der Waals surface area contributed by atoms with E-state index in [2.05, 4.69) is 10.6 Å². The van der Waals surface area contributed by atoms with Gasteiger partial charge in [-0.15, -0.1) is 11.3 Å². The van der Waals surface area contributed by atoms with E-state index < -0.39 is 5.97 Å². The van der Waals surface area contributed by atoms with Gasteiger partial charge >= 0.3 is 5.97 Å². The number of carbonyl (C=O) groups is 3. The van der Waals surface area contributed by atoms with Crippen LogP contribution in [0, 0.1) is 6.92 Å². The lowest BCUT2D eigenvalue weighted by atomic mass is 10.1. The zero-order valence-corrected chi connectivity index (χ0v) is 18.6. The second-order valence-corrected chi connectivity index (χ2v) is 7.61. The van der Waals surface area contributed by atoms with E-state index in [1.165, 1.54) is 7.05 Å². The van der Waals surface area contributed by atoms with Crippen LogP contribution in [0.5, 0.6) is 5.75 Å². The maximum absolute atomic E-state index is 12.6. The monoisotopic (exact) mass is 433 g/mol. The minimum Gasteiger partial charge on any atom is -0.496 e. The molecule has 2 N–H and O–H groups in total. The molecule has 0 atom stereocenters. The smallest absolute Gasteiger partial charge is 0.341 e. The number of methoxy groups -OCH3 is 1. The molecule has 0 aliphatic heterocycles. The summed E-state index contributed by atoms with van der Waals surface area (Å²) in [6, 6.07) is 7.59. The van der Waals surface area contributed by atoms with Crippen LogP contribution in [-0.2, 0) is 16.1 Å². The molecule has 1 heterocycles. The second-order valence-electron chi connectivity index (χ2n) is 6.59. The molecule has 162 valence electrons. The van der Waals surface area contributed by atoms with Gasteiger partial charge in [-0.2, -0.15) is 0 Å². The molecular formula is C21H27N3O5S. The van der Waals surface area contributed by atoms with Crippen molar-refractivity contribution in [1.82, 2.24) is 10.2 Å². The van der Waals surface area contributed by atoms with Crippen LogP contribution in [0.25, 0.3) is 0 Å². The molecule has 2 rings (SSSR count). The number of para-hydroxylation sites is 1. The molecule has 9 heteroatoms. The van der Waals surface area contributed by atoms with E-state index in [4.69, 9.17) is 9.47 Å². The molecule has 0 unspecified atom stereocenters. The summed E-state index contributed by atoms with van der Waals surface area (Å²) in [5.41, 5.74) is 1.65. The number of esters is 1. The number of thiophene rings is 1. The largest absolute Gasteiger partial charge is 0.496 e. The van der Waals surface area contributed by atoms with Gasteiger partial charge in [-0.05, 0) is 32.5 Å². The van der Waals surface area contributed by atoms with Crippen molar-refractivity contribution in [3.05, 3.63) is 45.8 Å². The number of carbonyl (C=O) groups excluding carboxylic acids is 3. The fraction of sp³-hybridized carbons (Fsp3) is 0.381. The summed E-state index contributed by atoms with van der Waals surface area (Å²) in [6.45, 7) is 4.15. The summed E-state index contributed by atoms with van der Waals surface area (Å²) < 4.78 is 10.4. The van der Waals surface area contributed by atoms with Gasteiger partial charge in [-0.25, -0.2) is 4.79 Å². The molecule has 1 aromatic heterocycles. The summed E-state index contributed by atoms with van der Waals surface area (Å²) in [4.78, 5) is 39.3. The van der Waals surface area contributed by atoms with Gasteiger partial charge in [-0.1, -0.05) is 18.2 Å². The average molecular weight is 434 g/mol. The fourth-order valence-electron chi connectivity index (χ4n) is 2.97. The minimum atomic E-state index is -0.570. The van der Waals surface area contributed by atoms with E-state index in [0.29, 0.717) is 22.0 Å². The van der Waals surface area contributed by atoms with E-state index in [1.54, 1.807) is 21.0 Å². The summed E-state index contributed by atoms with van der Waals surface area (Å²) in [6.07, 6.45) is 0. The molecule has 0 spiro atoms. The number of hydrogen-bond donors (Lipinski definition) is 2. The molecule has 0 saturated carbocycles. The van der Waals surface area contributed by atoms with Crippen LogP contribution in [0.4, 0.5) is 5.00 Å². The van der Waals surface area contributed by atoms with Gasteiger partial charge in [0.2, 0.25) is 5.91 Å². The molecule has 2 amide bonds. The van der Waals surface area contributed by atoms with E-state index in [-0.39, 0.29) is 30.5 Å². The Morgan fingerprint density at radius 1 is 1.20 bits per heavy atom. The highest BCUT2D eigenvalue weighted by molar-refractivity contribution is 7.18. The first-order chi connectivity index (χ1) is 14.3. The summed E-state index contributed by atoms with van der Waals surface area (Å²) >= 11 is 1.06. The fourth-order valence-corrected chi connectivity index (χ4v) is 4.13. The Morgan fingerprint density at radius 2 is 1.90 bits per heavy atom. The van der Waals surface area contributed by atoms with Crippen molar-refractivity contribution in [2.45, 2.75) is 20.4 Å². The third-order valence-electron chi connectivity index (χ3n) is 4.36. The molecule has 0 aliphatic rings. The van der Waals surface area contributed by atoms with Crippen molar-refractivity contribution in [3.8, 4) is 5.75 Å². The lowest BCUT2D eigenvalue weighted by Gasteiger charge is -2.18. The molecule has 0 fully saturated rings. The van der Waals surface area contributed by atoms with E-state index in [0.717, 1.165) is 22.6 Å². The van der Waals surface area contributed by atoms with Gasteiger partial charge in [0.05, 0.1) is 30.7 Å². The van der Waals surface area contributed by atoms with Crippen LogP contribution in [0.3, 0.4) is 0 Å². The number of benzene rings is 1. The molecular weight excluding hydrogens is 406 g/mol. The number of rotatable bonds is 9. The highest BCUT2D eigenvalue weighted by Gasteiger charge is 2.26. The van der Waals surface area contributed by atoms with Crippen LogP contribution in [0.15, 0.2) is 24.3 Å². The first-order valence-corrected chi connectivity index (χ1v) is 10.3. The van der Waals surface area contributed by atoms with Gasteiger partial charge in [0, 0.05) is 19.2 Å². The Kier molecular flexibility index (Phi) is 8.37. The molecule has 2 aromatic rings. The minimum absolute atomic E-state index is 0.0899.